The highest BCUT2D eigenvalue weighted by molar-refractivity contribution is 5.86. The Kier molecular flexibility index (Phi) is 2.57. The number of anilines is 1. The summed E-state index contributed by atoms with van der Waals surface area (Å²) in [6, 6.07) is 2.40. The van der Waals surface area contributed by atoms with Crippen molar-refractivity contribution in [2.75, 3.05) is 5.32 Å². The number of aromatic nitrogens is 2. The van der Waals surface area contributed by atoms with Crippen molar-refractivity contribution in [3.8, 4) is 11.6 Å². The van der Waals surface area contributed by atoms with E-state index in [9.17, 15) is 14.9 Å². The molecule has 0 aliphatic heterocycles. The molecule has 0 fully saturated rings. The van der Waals surface area contributed by atoms with E-state index >= 15 is 0 Å². The molecule has 0 aromatic carbocycles. The molecule has 2 aromatic rings. The number of amides is 1. The second-order valence-corrected chi connectivity index (χ2v) is 3.00. The van der Waals surface area contributed by atoms with Crippen molar-refractivity contribution in [2.24, 2.45) is 0 Å². The number of carbonyl (C=O) groups is 1. The summed E-state index contributed by atoms with van der Waals surface area (Å²) in [5.74, 6) is -0.699. The lowest BCUT2D eigenvalue weighted by molar-refractivity contribution is -0.401. The smallest absolute Gasteiger partial charge is 0.397 e. The van der Waals surface area contributed by atoms with Gasteiger partial charge in [0.05, 0.1) is 6.07 Å². The van der Waals surface area contributed by atoms with Crippen molar-refractivity contribution >= 4 is 17.8 Å². The maximum absolute atomic E-state index is 10.7. The summed E-state index contributed by atoms with van der Waals surface area (Å²) in [5.41, 5.74) is 0. The van der Waals surface area contributed by atoms with Crippen LogP contribution in [0.2, 0.25) is 0 Å². The van der Waals surface area contributed by atoms with Crippen LogP contribution in [-0.4, -0.2) is 21.0 Å². The largest absolute Gasteiger partial charge is 0.433 e. The van der Waals surface area contributed by atoms with E-state index in [4.69, 9.17) is 4.42 Å². The molecular formula is C8H6N4O5. The van der Waals surface area contributed by atoms with E-state index < -0.39 is 10.8 Å². The van der Waals surface area contributed by atoms with Gasteiger partial charge in [-0.2, -0.15) is 4.98 Å². The molecule has 2 aromatic heterocycles. The Labute approximate surface area is 93.6 Å². The Balaban J connectivity index is 2.24. The van der Waals surface area contributed by atoms with Crippen LogP contribution in [0.3, 0.4) is 0 Å². The summed E-state index contributed by atoms with van der Waals surface area (Å²) in [7, 11) is 0. The zero-order chi connectivity index (χ0) is 12.4. The molecule has 0 aliphatic rings. The standard InChI is InChI=1S/C8H6N4O5/c1-4(13)9-8-10-7(11-17-8)5-2-3-6(16-5)12(14)15/h2-3H,1H3,(H,9,10,11,13). The first kappa shape index (κ1) is 10.8. The van der Waals surface area contributed by atoms with Gasteiger partial charge in [-0.05, 0) is 6.07 Å². The molecule has 0 bridgehead atoms. The summed E-state index contributed by atoms with van der Waals surface area (Å²) < 4.78 is 9.53. The van der Waals surface area contributed by atoms with Crippen molar-refractivity contribution in [2.45, 2.75) is 6.92 Å². The summed E-state index contributed by atoms with van der Waals surface area (Å²) in [5, 5.41) is 16.2. The molecule has 1 N–H and O–H groups in total. The zero-order valence-corrected chi connectivity index (χ0v) is 8.54. The van der Waals surface area contributed by atoms with E-state index in [1.165, 1.54) is 19.1 Å². The van der Waals surface area contributed by atoms with Crippen LogP contribution in [0.25, 0.3) is 11.6 Å². The minimum absolute atomic E-state index is 0.0156. The molecule has 9 nitrogen and oxygen atoms in total. The lowest BCUT2D eigenvalue weighted by atomic mass is 10.4. The minimum atomic E-state index is -0.682. The van der Waals surface area contributed by atoms with E-state index in [0.29, 0.717) is 0 Å². The molecule has 0 saturated heterocycles. The van der Waals surface area contributed by atoms with Crippen LogP contribution in [0.4, 0.5) is 11.9 Å². The van der Waals surface area contributed by atoms with Gasteiger partial charge in [0.25, 0.3) is 0 Å². The SMILES string of the molecule is CC(=O)Nc1nc(-c2ccc([N+](=O)[O-])o2)no1. The molecule has 0 aliphatic carbocycles. The Morgan fingerprint density at radius 2 is 2.29 bits per heavy atom. The first-order valence-corrected chi connectivity index (χ1v) is 4.42. The van der Waals surface area contributed by atoms with E-state index in [1.807, 2.05) is 0 Å². The summed E-state index contributed by atoms with van der Waals surface area (Å²) >= 11 is 0. The quantitative estimate of drug-likeness (QED) is 0.628. The number of nitrogens with one attached hydrogen (secondary N) is 1. The zero-order valence-electron chi connectivity index (χ0n) is 8.54. The number of nitrogens with zero attached hydrogens (tertiary/aromatic N) is 3. The average molecular weight is 238 g/mol. The van der Waals surface area contributed by atoms with Gasteiger partial charge in [-0.1, -0.05) is 5.16 Å². The van der Waals surface area contributed by atoms with Gasteiger partial charge in [0.1, 0.15) is 4.92 Å². The lowest BCUT2D eigenvalue weighted by Crippen LogP contribution is -2.05. The third kappa shape index (κ3) is 2.27. The predicted octanol–water partition coefficient (Wildman–Crippen LogP) is 1.20. The third-order valence-electron chi connectivity index (χ3n) is 1.70. The van der Waals surface area contributed by atoms with Gasteiger partial charge in [-0.15, -0.1) is 0 Å². The van der Waals surface area contributed by atoms with Gasteiger partial charge in [-0.3, -0.25) is 20.2 Å². The molecule has 0 unspecified atom stereocenters. The summed E-state index contributed by atoms with van der Waals surface area (Å²) in [6.45, 7) is 1.28. The van der Waals surface area contributed by atoms with Crippen molar-refractivity contribution in [3.63, 3.8) is 0 Å². The highest BCUT2D eigenvalue weighted by Crippen LogP contribution is 2.24. The van der Waals surface area contributed by atoms with Crippen molar-refractivity contribution in [1.82, 2.24) is 10.1 Å². The second kappa shape index (κ2) is 4.04. The topological polar surface area (TPSA) is 124 Å². The van der Waals surface area contributed by atoms with Crippen LogP contribution in [0.15, 0.2) is 21.1 Å². The van der Waals surface area contributed by atoms with Crippen molar-refractivity contribution < 1.29 is 18.7 Å². The first-order chi connectivity index (χ1) is 8.06. The third-order valence-corrected chi connectivity index (χ3v) is 1.70. The van der Waals surface area contributed by atoms with Crippen LogP contribution in [0.5, 0.6) is 0 Å². The van der Waals surface area contributed by atoms with Gasteiger partial charge in [0.2, 0.25) is 11.7 Å². The maximum Gasteiger partial charge on any atom is 0.433 e. The Morgan fingerprint density at radius 1 is 1.53 bits per heavy atom. The van der Waals surface area contributed by atoms with E-state index in [1.54, 1.807) is 0 Å². The minimum Gasteiger partial charge on any atom is -0.397 e. The van der Waals surface area contributed by atoms with Crippen molar-refractivity contribution in [3.05, 3.63) is 22.2 Å². The molecule has 2 heterocycles. The molecule has 9 heteroatoms. The fraction of sp³-hybridized carbons (Fsp3) is 0.125. The fourth-order valence-corrected chi connectivity index (χ4v) is 1.07. The number of furan rings is 1. The monoisotopic (exact) mass is 238 g/mol. The summed E-state index contributed by atoms with van der Waals surface area (Å²) in [4.78, 5) is 24.2. The molecule has 0 atom stereocenters. The Bertz CT molecular complexity index is 572. The normalized spacial score (nSPS) is 10.2. The van der Waals surface area contributed by atoms with Crippen LogP contribution in [0, 0.1) is 10.1 Å². The molecular weight excluding hydrogens is 232 g/mol. The van der Waals surface area contributed by atoms with Crippen LogP contribution in [0.1, 0.15) is 6.92 Å². The number of nitro groups is 1. The Hall–Kier alpha value is -2.71. The van der Waals surface area contributed by atoms with E-state index in [2.05, 4.69) is 20.0 Å². The molecule has 88 valence electrons. The van der Waals surface area contributed by atoms with Crippen LogP contribution < -0.4 is 5.32 Å². The summed E-state index contributed by atoms with van der Waals surface area (Å²) in [6.07, 6.45) is 0. The maximum atomic E-state index is 10.7. The molecule has 2 rings (SSSR count). The van der Waals surface area contributed by atoms with E-state index in [-0.39, 0.29) is 23.5 Å². The predicted molar refractivity (Wildman–Crippen MR) is 53.0 cm³/mol. The molecule has 0 radical (unpaired) electrons. The van der Waals surface area contributed by atoms with Gasteiger partial charge >= 0.3 is 11.9 Å². The number of rotatable bonds is 3. The second-order valence-electron chi connectivity index (χ2n) is 3.00. The van der Waals surface area contributed by atoms with Gasteiger partial charge in [0, 0.05) is 6.92 Å². The van der Waals surface area contributed by atoms with Crippen LogP contribution in [-0.2, 0) is 4.79 Å². The number of carbonyl (C=O) groups excluding carboxylic acids is 1. The highest BCUT2D eigenvalue weighted by Gasteiger charge is 2.17. The fourth-order valence-electron chi connectivity index (χ4n) is 1.07. The van der Waals surface area contributed by atoms with Crippen molar-refractivity contribution in [1.29, 1.82) is 0 Å². The number of hydrogen-bond acceptors (Lipinski definition) is 7. The van der Waals surface area contributed by atoms with Gasteiger partial charge in [-0.25, -0.2) is 0 Å². The Morgan fingerprint density at radius 3 is 2.88 bits per heavy atom. The average Bonchev–Trinajstić information content (AvgIpc) is 2.83. The molecule has 17 heavy (non-hydrogen) atoms. The first-order valence-electron chi connectivity index (χ1n) is 4.42. The highest BCUT2D eigenvalue weighted by atomic mass is 16.6. The van der Waals surface area contributed by atoms with E-state index in [0.717, 1.165) is 0 Å². The van der Waals surface area contributed by atoms with Gasteiger partial charge < -0.3 is 8.94 Å². The molecule has 0 saturated carbocycles. The number of hydrogen-bond donors (Lipinski definition) is 1. The van der Waals surface area contributed by atoms with Crippen LogP contribution >= 0.6 is 0 Å². The molecule has 1 amide bonds. The lowest BCUT2D eigenvalue weighted by Gasteiger charge is -1.89. The van der Waals surface area contributed by atoms with Gasteiger partial charge in [0.15, 0.2) is 5.76 Å². The molecule has 0 spiro atoms.